The Balaban J connectivity index is 1.40. The fraction of sp³-hybridized carbons (Fsp3) is 0.400. The number of halogens is 1. The summed E-state index contributed by atoms with van der Waals surface area (Å²) in [6.07, 6.45) is 0.128. The van der Waals surface area contributed by atoms with Gasteiger partial charge in [0.15, 0.2) is 0 Å². The minimum atomic E-state index is -3.62. The predicted molar refractivity (Wildman–Crippen MR) is 118 cm³/mol. The van der Waals surface area contributed by atoms with Gasteiger partial charge in [0.1, 0.15) is 9.96 Å². The highest BCUT2D eigenvalue weighted by molar-refractivity contribution is 7.91. The lowest BCUT2D eigenvalue weighted by Gasteiger charge is -2.35. The third-order valence-electron chi connectivity index (χ3n) is 5.54. The molecule has 1 aromatic heterocycles. The molecule has 11 heteroatoms. The summed E-state index contributed by atoms with van der Waals surface area (Å²) in [5.74, 6) is -0.131. The first-order chi connectivity index (χ1) is 14.8. The molecule has 1 aromatic carbocycles. The normalized spacial score (nSPS) is 20.3. The van der Waals surface area contributed by atoms with Crippen LogP contribution in [0.25, 0.3) is 0 Å². The van der Waals surface area contributed by atoms with E-state index in [-0.39, 0.29) is 55.2 Å². The third-order valence-corrected chi connectivity index (χ3v) is 9.14. The molecule has 31 heavy (non-hydrogen) atoms. The summed E-state index contributed by atoms with van der Waals surface area (Å²) in [6.45, 7) is 1.28. The van der Waals surface area contributed by atoms with Crippen molar-refractivity contribution in [1.29, 1.82) is 0 Å². The molecule has 2 aromatic rings. The monoisotopic (exact) mass is 483 g/mol. The molecule has 0 aliphatic carbocycles. The molecule has 0 radical (unpaired) electrons. The Labute approximate surface area is 190 Å². The van der Waals surface area contributed by atoms with Crippen LogP contribution in [0.4, 0.5) is 5.69 Å². The second-order valence-electron chi connectivity index (χ2n) is 7.37. The van der Waals surface area contributed by atoms with Gasteiger partial charge in [-0.2, -0.15) is 4.31 Å². The lowest BCUT2D eigenvalue weighted by Crippen LogP contribution is -2.52. The van der Waals surface area contributed by atoms with Crippen molar-refractivity contribution in [3.63, 3.8) is 0 Å². The van der Waals surface area contributed by atoms with Gasteiger partial charge in [-0.25, -0.2) is 8.42 Å². The van der Waals surface area contributed by atoms with Gasteiger partial charge in [-0.3, -0.25) is 9.59 Å². The van der Waals surface area contributed by atoms with Crippen LogP contribution in [0, 0.1) is 5.92 Å². The van der Waals surface area contributed by atoms with Gasteiger partial charge in [0, 0.05) is 39.1 Å². The van der Waals surface area contributed by atoms with Crippen LogP contribution in [0.2, 0.25) is 4.34 Å². The van der Waals surface area contributed by atoms with E-state index in [0.717, 1.165) is 11.3 Å². The van der Waals surface area contributed by atoms with E-state index in [1.165, 1.54) is 10.4 Å². The molecule has 2 fully saturated rings. The molecule has 2 aliphatic heterocycles. The number of sulfonamides is 1. The Bertz CT molecular complexity index is 1100. The Hall–Kier alpha value is -2.14. The zero-order valence-electron chi connectivity index (χ0n) is 16.9. The molecule has 0 spiro atoms. The number of benzene rings is 1. The molecule has 0 bridgehead atoms. The SMILES string of the molecule is COc1ccccc1N1CC(C(=O)N2CCN(S(=O)(=O)c3ccc(Cl)s3)CC2)CC1=O. The van der Waals surface area contributed by atoms with Crippen molar-refractivity contribution in [2.75, 3.05) is 44.7 Å². The largest absolute Gasteiger partial charge is 0.495 e. The topological polar surface area (TPSA) is 87.2 Å². The van der Waals surface area contributed by atoms with Gasteiger partial charge in [-0.1, -0.05) is 23.7 Å². The first kappa shape index (κ1) is 22.1. The molecule has 166 valence electrons. The molecule has 0 N–H and O–H groups in total. The fourth-order valence-electron chi connectivity index (χ4n) is 3.93. The standard InChI is InChI=1S/C20H22ClN3O5S2/c1-29-16-5-3-2-4-15(16)24-13-14(12-18(24)25)20(26)22-8-10-23(11-9-22)31(27,28)19-7-6-17(21)30-19/h2-7,14H,8-13H2,1H3. The molecule has 8 nitrogen and oxygen atoms in total. The maximum absolute atomic E-state index is 13.0. The van der Waals surface area contributed by atoms with E-state index in [9.17, 15) is 18.0 Å². The average molecular weight is 484 g/mol. The molecule has 4 rings (SSSR count). The number of anilines is 1. The molecular formula is C20H22ClN3O5S2. The van der Waals surface area contributed by atoms with Crippen LogP contribution in [0.5, 0.6) is 5.75 Å². The number of thiophene rings is 1. The minimum absolute atomic E-state index is 0.123. The molecule has 2 saturated heterocycles. The van der Waals surface area contributed by atoms with Crippen molar-refractivity contribution in [3.05, 3.63) is 40.7 Å². The van der Waals surface area contributed by atoms with E-state index in [1.54, 1.807) is 35.1 Å². The Morgan fingerprint density at radius 2 is 1.84 bits per heavy atom. The van der Waals surface area contributed by atoms with Gasteiger partial charge < -0.3 is 14.5 Å². The van der Waals surface area contributed by atoms with Crippen LogP contribution in [0.3, 0.4) is 0 Å². The summed E-state index contributed by atoms with van der Waals surface area (Å²) >= 11 is 6.89. The summed E-state index contributed by atoms with van der Waals surface area (Å²) in [4.78, 5) is 28.9. The Morgan fingerprint density at radius 3 is 2.48 bits per heavy atom. The van der Waals surface area contributed by atoms with Gasteiger partial charge in [-0.15, -0.1) is 11.3 Å². The highest BCUT2D eigenvalue weighted by Crippen LogP contribution is 2.34. The number of amides is 2. The van der Waals surface area contributed by atoms with E-state index in [0.29, 0.717) is 15.8 Å². The smallest absolute Gasteiger partial charge is 0.252 e. The van der Waals surface area contributed by atoms with E-state index in [1.807, 2.05) is 12.1 Å². The van der Waals surface area contributed by atoms with Crippen molar-refractivity contribution in [1.82, 2.24) is 9.21 Å². The summed E-state index contributed by atoms with van der Waals surface area (Å²) in [5, 5.41) is 0. The number of ether oxygens (including phenoxy) is 1. The van der Waals surface area contributed by atoms with Crippen LogP contribution in [-0.2, 0) is 19.6 Å². The maximum Gasteiger partial charge on any atom is 0.252 e. The lowest BCUT2D eigenvalue weighted by atomic mass is 10.1. The number of carbonyl (C=O) groups is 2. The molecule has 2 amide bonds. The highest BCUT2D eigenvalue weighted by Gasteiger charge is 2.39. The number of hydrogen-bond donors (Lipinski definition) is 0. The number of para-hydroxylation sites is 2. The lowest BCUT2D eigenvalue weighted by molar-refractivity contribution is -0.136. The van der Waals surface area contributed by atoms with Gasteiger partial charge in [0.2, 0.25) is 11.8 Å². The zero-order chi connectivity index (χ0) is 22.2. The second kappa shape index (κ2) is 8.78. The summed E-state index contributed by atoms with van der Waals surface area (Å²) in [6, 6.07) is 10.3. The first-order valence-corrected chi connectivity index (χ1v) is 12.4. The van der Waals surface area contributed by atoms with Crippen molar-refractivity contribution < 1.29 is 22.7 Å². The van der Waals surface area contributed by atoms with Crippen molar-refractivity contribution in [2.45, 2.75) is 10.6 Å². The number of nitrogens with zero attached hydrogens (tertiary/aromatic N) is 3. The number of methoxy groups -OCH3 is 1. The van der Waals surface area contributed by atoms with Crippen LogP contribution >= 0.6 is 22.9 Å². The van der Waals surface area contributed by atoms with Crippen LogP contribution in [-0.4, -0.2) is 69.3 Å². The highest BCUT2D eigenvalue weighted by atomic mass is 35.5. The molecule has 3 heterocycles. The molecule has 1 atom stereocenters. The summed E-state index contributed by atoms with van der Waals surface area (Å²) in [5.41, 5.74) is 0.649. The van der Waals surface area contributed by atoms with Gasteiger partial charge in [0.05, 0.1) is 23.1 Å². The maximum atomic E-state index is 13.0. The quantitative estimate of drug-likeness (QED) is 0.651. The second-order valence-corrected chi connectivity index (χ2v) is 11.2. The Morgan fingerprint density at radius 1 is 1.13 bits per heavy atom. The third kappa shape index (κ3) is 4.30. The fourth-order valence-corrected chi connectivity index (χ4v) is 6.99. The zero-order valence-corrected chi connectivity index (χ0v) is 19.3. The van der Waals surface area contributed by atoms with Gasteiger partial charge in [0.25, 0.3) is 10.0 Å². The van der Waals surface area contributed by atoms with Crippen molar-refractivity contribution in [3.8, 4) is 5.75 Å². The van der Waals surface area contributed by atoms with Crippen molar-refractivity contribution in [2.24, 2.45) is 5.92 Å². The van der Waals surface area contributed by atoms with E-state index < -0.39 is 15.9 Å². The summed E-state index contributed by atoms with van der Waals surface area (Å²) < 4.78 is 32.8. The molecular weight excluding hydrogens is 462 g/mol. The van der Waals surface area contributed by atoms with Gasteiger partial charge >= 0.3 is 0 Å². The average Bonchev–Trinajstić information content (AvgIpc) is 3.39. The minimum Gasteiger partial charge on any atom is -0.495 e. The molecule has 0 saturated carbocycles. The summed E-state index contributed by atoms with van der Waals surface area (Å²) in [7, 11) is -2.08. The number of piperazine rings is 1. The first-order valence-electron chi connectivity index (χ1n) is 9.79. The molecule has 1 unspecified atom stereocenters. The Kier molecular flexibility index (Phi) is 6.25. The molecule has 2 aliphatic rings. The number of rotatable bonds is 5. The number of carbonyl (C=O) groups excluding carboxylic acids is 2. The van der Waals surface area contributed by atoms with Gasteiger partial charge in [-0.05, 0) is 24.3 Å². The number of hydrogen-bond acceptors (Lipinski definition) is 6. The van der Waals surface area contributed by atoms with Crippen molar-refractivity contribution >= 4 is 50.5 Å². The van der Waals surface area contributed by atoms with Crippen LogP contribution in [0.1, 0.15) is 6.42 Å². The van der Waals surface area contributed by atoms with E-state index in [4.69, 9.17) is 16.3 Å². The van der Waals surface area contributed by atoms with E-state index in [2.05, 4.69) is 0 Å². The predicted octanol–water partition coefficient (Wildman–Crippen LogP) is 2.30. The van der Waals surface area contributed by atoms with Crippen LogP contribution in [0.15, 0.2) is 40.6 Å². The van der Waals surface area contributed by atoms with Crippen LogP contribution < -0.4 is 9.64 Å². The van der Waals surface area contributed by atoms with E-state index >= 15 is 0 Å².